The first-order chi connectivity index (χ1) is 9.63. The molecule has 1 heterocycles. The third-order valence-corrected chi connectivity index (χ3v) is 2.91. The smallest absolute Gasteiger partial charge is 0.340 e. The first-order valence-electron chi connectivity index (χ1n) is 6.36. The second-order valence-corrected chi connectivity index (χ2v) is 4.30. The summed E-state index contributed by atoms with van der Waals surface area (Å²) in [5.74, 6) is -0.420. The molecule has 0 saturated heterocycles. The van der Waals surface area contributed by atoms with E-state index in [9.17, 15) is 4.79 Å². The van der Waals surface area contributed by atoms with Crippen LogP contribution in [0.4, 0.5) is 17.1 Å². The van der Waals surface area contributed by atoms with E-state index in [1.807, 2.05) is 19.1 Å². The fourth-order valence-electron chi connectivity index (χ4n) is 1.80. The van der Waals surface area contributed by atoms with Crippen LogP contribution in [0.3, 0.4) is 0 Å². The number of nitrogens with zero attached hydrogens (tertiary/aromatic N) is 1. The van der Waals surface area contributed by atoms with Gasteiger partial charge >= 0.3 is 5.97 Å². The van der Waals surface area contributed by atoms with Crippen LogP contribution in [0.15, 0.2) is 36.7 Å². The van der Waals surface area contributed by atoms with Gasteiger partial charge < -0.3 is 15.8 Å². The van der Waals surface area contributed by atoms with Crippen molar-refractivity contribution in [3.63, 3.8) is 0 Å². The summed E-state index contributed by atoms with van der Waals surface area (Å²) in [6, 6.07) is 7.11. The molecule has 2 rings (SSSR count). The van der Waals surface area contributed by atoms with Gasteiger partial charge in [0.1, 0.15) is 0 Å². The van der Waals surface area contributed by atoms with E-state index in [0.29, 0.717) is 23.5 Å². The Hall–Kier alpha value is -2.56. The minimum atomic E-state index is -0.420. The number of carbonyl (C=O) groups is 1. The van der Waals surface area contributed by atoms with Crippen molar-refractivity contribution in [2.75, 3.05) is 17.7 Å². The average Bonchev–Trinajstić information content (AvgIpc) is 2.43. The monoisotopic (exact) mass is 271 g/mol. The average molecular weight is 271 g/mol. The number of nitrogens with one attached hydrogen (secondary N) is 1. The van der Waals surface area contributed by atoms with Gasteiger partial charge in [-0.15, -0.1) is 0 Å². The van der Waals surface area contributed by atoms with E-state index in [1.54, 1.807) is 31.5 Å². The number of pyridine rings is 1. The van der Waals surface area contributed by atoms with Gasteiger partial charge in [-0.3, -0.25) is 4.98 Å². The van der Waals surface area contributed by atoms with Crippen molar-refractivity contribution in [2.24, 2.45) is 0 Å². The van der Waals surface area contributed by atoms with Crippen molar-refractivity contribution in [3.8, 4) is 0 Å². The maximum atomic E-state index is 11.8. The molecule has 0 aliphatic carbocycles. The molecule has 3 N–H and O–H groups in total. The summed E-state index contributed by atoms with van der Waals surface area (Å²) < 4.78 is 4.98. The quantitative estimate of drug-likeness (QED) is 0.660. The Kier molecular flexibility index (Phi) is 4.20. The van der Waals surface area contributed by atoms with Crippen LogP contribution in [0.1, 0.15) is 22.8 Å². The number of anilines is 3. The van der Waals surface area contributed by atoms with Gasteiger partial charge in [0, 0.05) is 6.20 Å². The number of esters is 1. The zero-order valence-electron chi connectivity index (χ0n) is 11.5. The summed E-state index contributed by atoms with van der Waals surface area (Å²) in [6.45, 7) is 4.04. The molecule has 0 radical (unpaired) electrons. The van der Waals surface area contributed by atoms with Crippen molar-refractivity contribution >= 4 is 23.0 Å². The lowest BCUT2D eigenvalue weighted by atomic mass is 10.1. The summed E-state index contributed by atoms with van der Waals surface area (Å²) in [5.41, 5.74) is 9.31. The molecule has 0 bridgehead atoms. The van der Waals surface area contributed by atoms with Crippen LogP contribution in [-0.4, -0.2) is 17.6 Å². The molecule has 1 aromatic heterocycles. The number of nitrogen functional groups attached to an aromatic ring is 1. The summed E-state index contributed by atoms with van der Waals surface area (Å²) in [4.78, 5) is 15.9. The number of aromatic nitrogens is 1. The molecule has 5 nitrogen and oxygen atoms in total. The fourth-order valence-corrected chi connectivity index (χ4v) is 1.80. The number of hydrogen-bond donors (Lipinski definition) is 2. The predicted molar refractivity (Wildman–Crippen MR) is 79.1 cm³/mol. The number of nitrogens with two attached hydrogens (primary N) is 1. The van der Waals surface area contributed by atoms with Gasteiger partial charge in [-0.2, -0.15) is 0 Å². The third kappa shape index (κ3) is 2.88. The highest BCUT2D eigenvalue weighted by Crippen LogP contribution is 2.27. The lowest BCUT2D eigenvalue weighted by molar-refractivity contribution is 0.0527. The van der Waals surface area contributed by atoms with Crippen LogP contribution in [0.2, 0.25) is 0 Å². The molecule has 0 aliphatic heterocycles. The molecule has 0 unspecified atom stereocenters. The number of para-hydroxylation sites is 1. The lowest BCUT2D eigenvalue weighted by Crippen LogP contribution is -2.09. The first kappa shape index (κ1) is 13.9. The number of rotatable bonds is 4. The van der Waals surface area contributed by atoms with Gasteiger partial charge in [0.2, 0.25) is 0 Å². The maximum Gasteiger partial charge on any atom is 0.340 e. The lowest BCUT2D eigenvalue weighted by Gasteiger charge is -2.13. The van der Waals surface area contributed by atoms with E-state index < -0.39 is 5.97 Å². The minimum absolute atomic E-state index is 0.317. The Balaban J connectivity index is 2.32. The summed E-state index contributed by atoms with van der Waals surface area (Å²) in [6.07, 6.45) is 3.44. The van der Waals surface area contributed by atoms with E-state index in [1.165, 1.54) is 0 Å². The summed E-state index contributed by atoms with van der Waals surface area (Å²) in [5, 5.41) is 3.18. The second-order valence-electron chi connectivity index (χ2n) is 4.30. The minimum Gasteiger partial charge on any atom is -0.462 e. The topological polar surface area (TPSA) is 77.2 Å². The van der Waals surface area contributed by atoms with Gasteiger partial charge in [0.25, 0.3) is 0 Å². The zero-order chi connectivity index (χ0) is 14.5. The molecule has 0 saturated carbocycles. The Morgan fingerprint density at radius 2 is 2.15 bits per heavy atom. The highest BCUT2D eigenvalue weighted by atomic mass is 16.5. The highest BCUT2D eigenvalue weighted by Gasteiger charge is 2.13. The van der Waals surface area contributed by atoms with E-state index in [4.69, 9.17) is 10.5 Å². The normalized spacial score (nSPS) is 10.1. The van der Waals surface area contributed by atoms with E-state index in [2.05, 4.69) is 10.3 Å². The standard InChI is InChI=1S/C15H17N3O2/c1-3-20-15(19)11-5-4-6-12(14(11)16)18-13-9-17-8-7-10(13)2/h4-9,18H,3,16H2,1-2H3. The molecule has 0 amide bonds. The number of ether oxygens (including phenoxy) is 1. The Morgan fingerprint density at radius 3 is 2.85 bits per heavy atom. The molecular formula is C15H17N3O2. The number of carbonyl (C=O) groups excluding carboxylic acids is 1. The molecule has 0 aliphatic rings. The van der Waals surface area contributed by atoms with Crippen LogP contribution in [0, 0.1) is 6.92 Å². The third-order valence-electron chi connectivity index (χ3n) is 2.91. The van der Waals surface area contributed by atoms with Crippen LogP contribution >= 0.6 is 0 Å². The molecule has 2 aromatic rings. The van der Waals surface area contributed by atoms with E-state index in [0.717, 1.165) is 11.3 Å². The Labute approximate surface area is 117 Å². The van der Waals surface area contributed by atoms with Gasteiger partial charge in [-0.05, 0) is 37.6 Å². The largest absolute Gasteiger partial charge is 0.462 e. The predicted octanol–water partition coefficient (Wildman–Crippen LogP) is 2.89. The second kappa shape index (κ2) is 6.06. The van der Waals surface area contributed by atoms with Gasteiger partial charge in [0.05, 0.1) is 35.4 Å². The van der Waals surface area contributed by atoms with Crippen LogP contribution in [0.25, 0.3) is 0 Å². The van der Waals surface area contributed by atoms with Crippen molar-refractivity contribution in [2.45, 2.75) is 13.8 Å². The van der Waals surface area contributed by atoms with Crippen molar-refractivity contribution in [3.05, 3.63) is 47.8 Å². The zero-order valence-corrected chi connectivity index (χ0v) is 11.5. The maximum absolute atomic E-state index is 11.8. The van der Waals surface area contributed by atoms with Crippen LogP contribution in [-0.2, 0) is 4.74 Å². The van der Waals surface area contributed by atoms with E-state index in [-0.39, 0.29) is 0 Å². The molecule has 0 atom stereocenters. The van der Waals surface area contributed by atoms with Gasteiger partial charge in [0.15, 0.2) is 0 Å². The SMILES string of the molecule is CCOC(=O)c1cccc(Nc2cnccc2C)c1N. The molecule has 104 valence electrons. The molecule has 0 spiro atoms. The van der Waals surface area contributed by atoms with Crippen molar-refractivity contribution < 1.29 is 9.53 Å². The van der Waals surface area contributed by atoms with Crippen LogP contribution < -0.4 is 11.1 Å². The molecule has 5 heteroatoms. The van der Waals surface area contributed by atoms with Crippen LogP contribution in [0.5, 0.6) is 0 Å². The Morgan fingerprint density at radius 1 is 1.35 bits per heavy atom. The first-order valence-corrected chi connectivity index (χ1v) is 6.36. The van der Waals surface area contributed by atoms with Crippen molar-refractivity contribution in [1.29, 1.82) is 0 Å². The fraction of sp³-hybridized carbons (Fsp3) is 0.200. The van der Waals surface area contributed by atoms with Crippen molar-refractivity contribution in [1.82, 2.24) is 4.98 Å². The number of aryl methyl sites for hydroxylation is 1. The number of benzene rings is 1. The molecule has 1 aromatic carbocycles. The van der Waals surface area contributed by atoms with Gasteiger partial charge in [-0.25, -0.2) is 4.79 Å². The summed E-state index contributed by atoms with van der Waals surface area (Å²) in [7, 11) is 0. The molecule has 0 fully saturated rings. The molecule has 20 heavy (non-hydrogen) atoms. The van der Waals surface area contributed by atoms with Gasteiger partial charge in [-0.1, -0.05) is 6.07 Å². The Bertz CT molecular complexity index is 626. The highest BCUT2D eigenvalue weighted by molar-refractivity contribution is 5.98. The molecular weight excluding hydrogens is 254 g/mol. The summed E-state index contributed by atoms with van der Waals surface area (Å²) >= 11 is 0. The number of hydrogen-bond acceptors (Lipinski definition) is 5. The van der Waals surface area contributed by atoms with E-state index >= 15 is 0 Å².